The summed E-state index contributed by atoms with van der Waals surface area (Å²) in [6.45, 7) is 4.72. The summed E-state index contributed by atoms with van der Waals surface area (Å²) in [5.74, 6) is 0. The van der Waals surface area contributed by atoms with Crippen molar-refractivity contribution >= 4 is 6.03 Å². The quantitative estimate of drug-likeness (QED) is 0.601. The van der Waals surface area contributed by atoms with Crippen molar-refractivity contribution in [1.29, 1.82) is 0 Å². The Morgan fingerprint density at radius 1 is 1.53 bits per heavy atom. The van der Waals surface area contributed by atoms with Gasteiger partial charge in [-0.2, -0.15) is 4.79 Å². The lowest BCUT2D eigenvalue weighted by molar-refractivity contribution is -0.637. The number of aromatic nitrogens is 2. The third kappa shape index (κ3) is 4.06. The second-order valence-electron chi connectivity index (χ2n) is 3.53. The summed E-state index contributed by atoms with van der Waals surface area (Å²) in [5.41, 5.74) is 0.834. The van der Waals surface area contributed by atoms with Crippen LogP contribution in [0.2, 0.25) is 0 Å². The molecule has 0 aromatic carbocycles. The molecule has 1 heterocycles. The van der Waals surface area contributed by atoms with Crippen LogP contribution in [0.4, 0.5) is 4.79 Å². The first-order valence-corrected chi connectivity index (χ1v) is 5.38. The Hall–Kier alpha value is -1.45. The van der Waals surface area contributed by atoms with E-state index in [2.05, 4.69) is 17.3 Å². The van der Waals surface area contributed by atoms with E-state index in [0.29, 0.717) is 0 Å². The average Bonchev–Trinajstić information content (AvgIpc) is 2.24. The highest BCUT2D eigenvalue weighted by Gasteiger charge is 2.12. The molecule has 15 heavy (non-hydrogen) atoms. The van der Waals surface area contributed by atoms with E-state index in [1.54, 1.807) is 6.20 Å². The van der Waals surface area contributed by atoms with Crippen LogP contribution < -0.4 is 10.00 Å². The largest absolute Gasteiger partial charge is 0.516 e. The maximum absolute atomic E-state index is 11.5. The van der Waals surface area contributed by atoms with E-state index in [1.165, 1.54) is 4.68 Å². The van der Waals surface area contributed by atoms with Crippen molar-refractivity contribution in [2.75, 3.05) is 6.54 Å². The predicted molar refractivity (Wildman–Crippen MR) is 57.5 cm³/mol. The van der Waals surface area contributed by atoms with Crippen molar-refractivity contribution in [2.24, 2.45) is 0 Å². The predicted octanol–water partition coefficient (Wildman–Crippen LogP) is 1.43. The number of hydrogen-bond acceptors (Lipinski definition) is 2. The molecule has 0 bridgehead atoms. The van der Waals surface area contributed by atoms with Gasteiger partial charge in [-0.3, -0.25) is 0 Å². The van der Waals surface area contributed by atoms with Gasteiger partial charge < -0.3 is 0 Å². The molecule has 0 aliphatic carbocycles. The number of amides is 1. The van der Waals surface area contributed by atoms with Crippen LogP contribution in [-0.4, -0.2) is 17.7 Å². The summed E-state index contributed by atoms with van der Waals surface area (Å²) >= 11 is 0. The molecule has 1 aromatic heterocycles. The maximum atomic E-state index is 11.5. The first-order chi connectivity index (χ1) is 7.24. The first kappa shape index (κ1) is 11.6. The highest BCUT2D eigenvalue weighted by molar-refractivity contribution is 5.63. The number of nitrogens with zero attached hydrogens (tertiary/aromatic N) is 2. The lowest BCUT2D eigenvalue weighted by atomic mass is 10.2. The maximum Gasteiger partial charge on any atom is 0.516 e. The minimum absolute atomic E-state index is 0.158. The molecule has 0 spiro atoms. The van der Waals surface area contributed by atoms with Crippen molar-refractivity contribution in [3.05, 3.63) is 24.0 Å². The average molecular weight is 208 g/mol. The van der Waals surface area contributed by atoms with Crippen LogP contribution in [0.15, 0.2) is 18.3 Å². The zero-order chi connectivity index (χ0) is 11.1. The molecule has 1 N–H and O–H groups in total. The van der Waals surface area contributed by atoms with Crippen LogP contribution in [0, 0.1) is 6.92 Å². The second-order valence-corrected chi connectivity index (χ2v) is 3.53. The normalized spacial score (nSPS) is 10.0. The van der Waals surface area contributed by atoms with Crippen molar-refractivity contribution in [2.45, 2.75) is 33.1 Å². The molecular formula is C11H18N3O+. The minimum Gasteiger partial charge on any atom is -0.236 e. The monoisotopic (exact) mass is 208 g/mol. The molecule has 0 radical (unpaired) electrons. The van der Waals surface area contributed by atoms with Gasteiger partial charge in [0.15, 0.2) is 0 Å². The van der Waals surface area contributed by atoms with Gasteiger partial charge in [0, 0.05) is 0 Å². The van der Waals surface area contributed by atoms with E-state index in [-0.39, 0.29) is 6.03 Å². The molecule has 4 nitrogen and oxygen atoms in total. The number of unbranched alkanes of at least 4 members (excludes halogenated alkanes) is 2. The van der Waals surface area contributed by atoms with Gasteiger partial charge in [-0.05, 0) is 31.9 Å². The SMILES string of the molecule is CCCCCNC(=O)[n+]1cccc(C)n1. The fourth-order valence-electron chi connectivity index (χ4n) is 1.26. The smallest absolute Gasteiger partial charge is 0.236 e. The summed E-state index contributed by atoms with van der Waals surface area (Å²) in [7, 11) is 0. The molecule has 0 aliphatic rings. The Morgan fingerprint density at radius 3 is 3.00 bits per heavy atom. The fourth-order valence-corrected chi connectivity index (χ4v) is 1.26. The zero-order valence-electron chi connectivity index (χ0n) is 9.36. The van der Waals surface area contributed by atoms with Crippen LogP contribution in [0.5, 0.6) is 0 Å². The molecule has 0 atom stereocenters. The van der Waals surface area contributed by atoms with E-state index in [4.69, 9.17) is 0 Å². The van der Waals surface area contributed by atoms with Crippen LogP contribution >= 0.6 is 0 Å². The Kier molecular flexibility index (Phi) is 4.74. The van der Waals surface area contributed by atoms with Gasteiger partial charge in [0.25, 0.3) is 0 Å². The number of nitrogens with one attached hydrogen (secondary N) is 1. The summed E-state index contributed by atoms with van der Waals surface area (Å²) in [4.78, 5) is 11.5. The van der Waals surface area contributed by atoms with Gasteiger partial charge >= 0.3 is 6.03 Å². The second kappa shape index (κ2) is 6.11. The van der Waals surface area contributed by atoms with Crippen molar-refractivity contribution < 1.29 is 9.48 Å². The highest BCUT2D eigenvalue weighted by Crippen LogP contribution is 1.90. The topological polar surface area (TPSA) is 45.9 Å². The molecule has 0 aliphatic heterocycles. The van der Waals surface area contributed by atoms with Crippen LogP contribution in [0.25, 0.3) is 0 Å². The molecule has 1 amide bonds. The van der Waals surface area contributed by atoms with E-state index in [9.17, 15) is 4.79 Å². The van der Waals surface area contributed by atoms with Gasteiger partial charge in [-0.25, -0.2) is 5.32 Å². The number of carbonyl (C=O) groups excluding carboxylic acids is 1. The molecule has 0 saturated carbocycles. The Morgan fingerprint density at radius 2 is 2.33 bits per heavy atom. The standard InChI is InChI=1S/C11H17N3O/c1-3-4-5-8-12-11(15)14-9-6-7-10(2)13-14/h6-7,9H,3-5,8H2,1-2H3/p+1. The molecule has 0 saturated heterocycles. The molecular weight excluding hydrogens is 190 g/mol. The van der Waals surface area contributed by atoms with E-state index < -0.39 is 0 Å². The Labute approximate surface area is 90.3 Å². The zero-order valence-corrected chi connectivity index (χ0v) is 9.36. The minimum atomic E-state index is -0.158. The number of hydrogen-bond donors (Lipinski definition) is 1. The Bertz CT molecular complexity index is 325. The molecule has 82 valence electrons. The van der Waals surface area contributed by atoms with Crippen LogP contribution in [-0.2, 0) is 0 Å². The summed E-state index contributed by atoms with van der Waals surface area (Å²) in [6.07, 6.45) is 4.98. The van der Waals surface area contributed by atoms with Crippen molar-refractivity contribution in [3.8, 4) is 0 Å². The van der Waals surface area contributed by atoms with Crippen molar-refractivity contribution in [3.63, 3.8) is 0 Å². The number of rotatable bonds is 4. The van der Waals surface area contributed by atoms with E-state index in [0.717, 1.165) is 31.5 Å². The molecule has 0 fully saturated rings. The number of aryl methyl sites for hydroxylation is 1. The molecule has 0 unspecified atom stereocenters. The summed E-state index contributed by atoms with van der Waals surface area (Å²) in [6, 6.07) is 3.52. The van der Waals surface area contributed by atoms with Gasteiger partial charge in [0.2, 0.25) is 0 Å². The number of carbonyl (C=O) groups is 1. The van der Waals surface area contributed by atoms with E-state index in [1.807, 2.05) is 19.1 Å². The molecule has 1 rings (SSSR count). The lowest BCUT2D eigenvalue weighted by Gasteiger charge is -1.98. The third-order valence-electron chi connectivity index (χ3n) is 2.09. The lowest BCUT2D eigenvalue weighted by Crippen LogP contribution is -2.53. The van der Waals surface area contributed by atoms with Crippen LogP contribution in [0.3, 0.4) is 0 Å². The summed E-state index contributed by atoms with van der Waals surface area (Å²) < 4.78 is 1.33. The fraction of sp³-hybridized carbons (Fsp3) is 0.545. The van der Waals surface area contributed by atoms with E-state index >= 15 is 0 Å². The molecule has 4 heteroatoms. The van der Waals surface area contributed by atoms with Gasteiger partial charge in [0.05, 0.1) is 12.2 Å². The van der Waals surface area contributed by atoms with Crippen LogP contribution in [0.1, 0.15) is 31.9 Å². The van der Waals surface area contributed by atoms with Gasteiger partial charge in [-0.15, -0.1) is 0 Å². The Balaban J connectivity index is 2.40. The highest BCUT2D eigenvalue weighted by atomic mass is 16.2. The van der Waals surface area contributed by atoms with Gasteiger partial charge in [0.1, 0.15) is 6.20 Å². The first-order valence-electron chi connectivity index (χ1n) is 5.38. The van der Waals surface area contributed by atoms with Gasteiger partial charge in [-0.1, -0.05) is 23.1 Å². The third-order valence-corrected chi connectivity index (χ3v) is 2.09. The molecule has 1 aromatic rings. The summed E-state index contributed by atoms with van der Waals surface area (Å²) in [5, 5.41) is 6.90. The van der Waals surface area contributed by atoms with Crippen molar-refractivity contribution in [1.82, 2.24) is 10.4 Å².